The Bertz CT molecular complexity index is 465. The van der Waals surface area contributed by atoms with Gasteiger partial charge < -0.3 is 5.32 Å². The Morgan fingerprint density at radius 2 is 2.33 bits per heavy atom. The zero-order valence-corrected chi connectivity index (χ0v) is 10.9. The molecule has 0 radical (unpaired) electrons. The summed E-state index contributed by atoms with van der Waals surface area (Å²) >= 11 is 0. The van der Waals surface area contributed by atoms with Crippen LogP contribution in [0.3, 0.4) is 0 Å². The van der Waals surface area contributed by atoms with E-state index in [9.17, 15) is 0 Å². The first kappa shape index (κ1) is 12.7. The Labute approximate surface area is 107 Å². The summed E-state index contributed by atoms with van der Waals surface area (Å²) in [6.45, 7) is 0. The molecule has 2 aromatic heterocycles. The topological polar surface area (TPSA) is 55.6 Å². The van der Waals surface area contributed by atoms with E-state index >= 15 is 0 Å². The smallest absolute Gasteiger partial charge is 0.0842 e. The molecule has 5 heteroatoms. The van der Waals surface area contributed by atoms with E-state index in [1.165, 1.54) is 5.56 Å². The largest absolute Gasteiger partial charge is 0.317 e. The Morgan fingerprint density at radius 3 is 2.94 bits per heavy atom. The van der Waals surface area contributed by atoms with Gasteiger partial charge in [0.1, 0.15) is 0 Å². The molecule has 0 aliphatic rings. The SMILES string of the molecule is CNC(CCc1cccnc1)Cc1cn(C)nn1. The highest BCUT2D eigenvalue weighted by Crippen LogP contribution is 2.07. The van der Waals surface area contributed by atoms with Crippen LogP contribution < -0.4 is 5.32 Å². The summed E-state index contributed by atoms with van der Waals surface area (Å²) < 4.78 is 1.74. The van der Waals surface area contributed by atoms with Crippen LogP contribution >= 0.6 is 0 Å². The summed E-state index contributed by atoms with van der Waals surface area (Å²) in [6, 6.07) is 4.51. The fourth-order valence-electron chi connectivity index (χ4n) is 1.98. The van der Waals surface area contributed by atoms with Gasteiger partial charge >= 0.3 is 0 Å². The third-order valence-corrected chi connectivity index (χ3v) is 3.02. The first-order chi connectivity index (χ1) is 8.78. The Hall–Kier alpha value is -1.75. The highest BCUT2D eigenvalue weighted by atomic mass is 15.4. The van der Waals surface area contributed by atoms with Gasteiger partial charge in [-0.15, -0.1) is 5.10 Å². The quantitative estimate of drug-likeness (QED) is 0.824. The number of rotatable bonds is 6. The molecule has 1 atom stereocenters. The average molecular weight is 245 g/mol. The van der Waals surface area contributed by atoms with E-state index in [1.54, 1.807) is 10.9 Å². The van der Waals surface area contributed by atoms with Crippen molar-refractivity contribution in [1.29, 1.82) is 0 Å². The van der Waals surface area contributed by atoms with Crippen LogP contribution in [-0.4, -0.2) is 33.1 Å². The van der Waals surface area contributed by atoms with E-state index in [0.29, 0.717) is 6.04 Å². The first-order valence-electron chi connectivity index (χ1n) is 6.19. The van der Waals surface area contributed by atoms with Crippen molar-refractivity contribution < 1.29 is 0 Å². The number of hydrogen-bond donors (Lipinski definition) is 1. The highest BCUT2D eigenvalue weighted by Gasteiger charge is 2.10. The second kappa shape index (κ2) is 6.26. The van der Waals surface area contributed by atoms with Crippen molar-refractivity contribution >= 4 is 0 Å². The summed E-state index contributed by atoms with van der Waals surface area (Å²) in [4.78, 5) is 4.13. The van der Waals surface area contributed by atoms with Crippen LogP contribution in [0.4, 0.5) is 0 Å². The molecule has 96 valence electrons. The maximum atomic E-state index is 4.13. The average Bonchev–Trinajstić information content (AvgIpc) is 2.81. The maximum Gasteiger partial charge on any atom is 0.0842 e. The van der Waals surface area contributed by atoms with Gasteiger partial charge in [-0.05, 0) is 31.5 Å². The molecule has 0 aromatic carbocycles. The molecule has 2 aromatic rings. The number of aromatic nitrogens is 4. The molecule has 2 rings (SSSR count). The summed E-state index contributed by atoms with van der Waals surface area (Å²) in [6.07, 6.45) is 8.70. The zero-order chi connectivity index (χ0) is 12.8. The molecule has 0 saturated carbocycles. The van der Waals surface area contributed by atoms with Crippen molar-refractivity contribution in [3.63, 3.8) is 0 Å². The zero-order valence-electron chi connectivity index (χ0n) is 10.9. The van der Waals surface area contributed by atoms with Gasteiger partial charge in [-0.3, -0.25) is 9.67 Å². The summed E-state index contributed by atoms with van der Waals surface area (Å²) in [5.74, 6) is 0. The molecule has 1 unspecified atom stereocenters. The lowest BCUT2D eigenvalue weighted by Crippen LogP contribution is -2.28. The van der Waals surface area contributed by atoms with Gasteiger partial charge in [-0.25, -0.2) is 0 Å². The molecule has 0 bridgehead atoms. The molecule has 0 amide bonds. The number of hydrogen-bond acceptors (Lipinski definition) is 4. The second-order valence-corrected chi connectivity index (χ2v) is 4.47. The van der Waals surface area contributed by atoms with Crippen molar-refractivity contribution in [3.05, 3.63) is 42.0 Å². The van der Waals surface area contributed by atoms with Gasteiger partial charge in [0.2, 0.25) is 0 Å². The molecule has 18 heavy (non-hydrogen) atoms. The van der Waals surface area contributed by atoms with Gasteiger partial charge in [-0.2, -0.15) is 0 Å². The number of nitrogens with one attached hydrogen (secondary N) is 1. The number of aryl methyl sites for hydroxylation is 2. The fourth-order valence-corrected chi connectivity index (χ4v) is 1.98. The minimum atomic E-state index is 0.418. The number of nitrogens with zero attached hydrogens (tertiary/aromatic N) is 4. The Morgan fingerprint density at radius 1 is 1.44 bits per heavy atom. The Kier molecular flexibility index (Phi) is 4.41. The highest BCUT2D eigenvalue weighted by molar-refractivity contribution is 5.09. The van der Waals surface area contributed by atoms with Crippen molar-refractivity contribution in [2.45, 2.75) is 25.3 Å². The monoisotopic (exact) mass is 245 g/mol. The lowest BCUT2D eigenvalue weighted by atomic mass is 10.0. The van der Waals surface area contributed by atoms with E-state index in [4.69, 9.17) is 0 Å². The van der Waals surface area contributed by atoms with Crippen LogP contribution in [0.2, 0.25) is 0 Å². The molecular formula is C13H19N5. The van der Waals surface area contributed by atoms with Crippen molar-refractivity contribution in [2.75, 3.05) is 7.05 Å². The third kappa shape index (κ3) is 3.63. The van der Waals surface area contributed by atoms with Crippen LogP contribution in [0.5, 0.6) is 0 Å². The third-order valence-electron chi connectivity index (χ3n) is 3.02. The van der Waals surface area contributed by atoms with E-state index in [1.807, 2.05) is 32.6 Å². The molecule has 0 saturated heterocycles. The van der Waals surface area contributed by atoms with E-state index < -0.39 is 0 Å². The van der Waals surface area contributed by atoms with Crippen molar-refractivity contribution in [2.24, 2.45) is 7.05 Å². The predicted molar refractivity (Wildman–Crippen MR) is 70.1 cm³/mol. The van der Waals surface area contributed by atoms with Crippen molar-refractivity contribution in [1.82, 2.24) is 25.3 Å². The predicted octanol–water partition coefficient (Wildman–Crippen LogP) is 0.973. The number of pyridine rings is 1. The second-order valence-electron chi connectivity index (χ2n) is 4.47. The minimum Gasteiger partial charge on any atom is -0.317 e. The lowest BCUT2D eigenvalue weighted by molar-refractivity contribution is 0.514. The first-order valence-corrected chi connectivity index (χ1v) is 6.19. The van der Waals surface area contributed by atoms with Gasteiger partial charge in [0.05, 0.1) is 5.69 Å². The molecule has 0 spiro atoms. The molecule has 0 aliphatic heterocycles. The van der Waals surface area contributed by atoms with E-state index in [0.717, 1.165) is 25.0 Å². The van der Waals surface area contributed by atoms with Crippen LogP contribution in [0.25, 0.3) is 0 Å². The maximum absolute atomic E-state index is 4.13. The van der Waals surface area contributed by atoms with Gasteiger partial charge in [0, 0.05) is 38.1 Å². The van der Waals surface area contributed by atoms with Crippen molar-refractivity contribution in [3.8, 4) is 0 Å². The van der Waals surface area contributed by atoms with Crippen LogP contribution in [-0.2, 0) is 19.9 Å². The summed E-state index contributed by atoms with van der Waals surface area (Å²) in [7, 11) is 3.88. The van der Waals surface area contributed by atoms with Gasteiger partial charge in [-0.1, -0.05) is 11.3 Å². The normalized spacial score (nSPS) is 12.6. The molecule has 1 N–H and O–H groups in total. The Balaban J connectivity index is 1.86. The lowest BCUT2D eigenvalue weighted by Gasteiger charge is -2.14. The van der Waals surface area contributed by atoms with Crippen LogP contribution in [0.1, 0.15) is 17.7 Å². The standard InChI is InChI=1S/C13H19N5/c1-14-12(8-13-10-18(2)17-16-13)6-5-11-4-3-7-15-9-11/h3-4,7,9-10,12,14H,5-6,8H2,1-2H3. The molecule has 0 fully saturated rings. The summed E-state index contributed by atoms with van der Waals surface area (Å²) in [5, 5.41) is 11.4. The fraction of sp³-hybridized carbons (Fsp3) is 0.462. The molecule has 5 nitrogen and oxygen atoms in total. The molecule has 2 heterocycles. The minimum absolute atomic E-state index is 0.418. The molecule has 0 aliphatic carbocycles. The number of likely N-dealkylation sites (N-methyl/N-ethyl adjacent to an activating group) is 1. The van der Waals surface area contributed by atoms with E-state index in [-0.39, 0.29) is 0 Å². The summed E-state index contributed by atoms with van der Waals surface area (Å²) in [5.41, 5.74) is 2.31. The van der Waals surface area contributed by atoms with Crippen LogP contribution in [0.15, 0.2) is 30.7 Å². The van der Waals surface area contributed by atoms with Gasteiger partial charge in [0.25, 0.3) is 0 Å². The van der Waals surface area contributed by atoms with Crippen LogP contribution in [0, 0.1) is 0 Å². The molecular weight excluding hydrogens is 226 g/mol. The van der Waals surface area contributed by atoms with Gasteiger partial charge in [0.15, 0.2) is 0 Å². The van der Waals surface area contributed by atoms with E-state index in [2.05, 4.69) is 26.7 Å².